The van der Waals surface area contributed by atoms with E-state index in [1.807, 2.05) is 0 Å². The van der Waals surface area contributed by atoms with E-state index in [0.717, 1.165) is 0 Å². The fourth-order valence-corrected chi connectivity index (χ4v) is 0.417. The second-order valence-electron chi connectivity index (χ2n) is 3.58. The molecule has 0 aromatic rings. The molecule has 0 saturated heterocycles. The first-order valence-electron chi connectivity index (χ1n) is 3.64. The van der Waals surface area contributed by atoms with Gasteiger partial charge in [0, 0.05) is 0 Å². The summed E-state index contributed by atoms with van der Waals surface area (Å²) in [5.74, 6) is 0. The van der Waals surface area contributed by atoms with Crippen LogP contribution in [0.15, 0.2) is 0 Å². The molecular formula is C7H16NO3-. The Morgan fingerprint density at radius 2 is 1.73 bits per heavy atom. The molecule has 0 rings (SSSR count). The van der Waals surface area contributed by atoms with Crippen molar-refractivity contribution in [3.63, 3.8) is 0 Å². The van der Waals surface area contributed by atoms with Crippen molar-refractivity contribution in [2.45, 2.75) is 46.3 Å². The molecule has 0 fully saturated rings. The molecule has 11 heavy (non-hydrogen) atoms. The van der Waals surface area contributed by atoms with Crippen LogP contribution in [-0.2, 0) is 9.68 Å². The van der Waals surface area contributed by atoms with E-state index in [4.69, 9.17) is 4.84 Å². The average Bonchev–Trinajstić information content (AvgIpc) is 1.53. The zero-order chi connectivity index (χ0) is 9.07. The summed E-state index contributed by atoms with van der Waals surface area (Å²) >= 11 is 0. The first-order valence-corrected chi connectivity index (χ1v) is 3.64. The van der Waals surface area contributed by atoms with Gasteiger partial charge in [0.2, 0.25) is 0 Å². The summed E-state index contributed by atoms with van der Waals surface area (Å²) in [6.45, 7) is 8.86. The van der Waals surface area contributed by atoms with Crippen LogP contribution in [0.4, 0.5) is 0 Å². The summed E-state index contributed by atoms with van der Waals surface area (Å²) in [4.78, 5) is 9.49. The van der Waals surface area contributed by atoms with E-state index < -0.39 is 5.60 Å². The van der Waals surface area contributed by atoms with Crippen molar-refractivity contribution in [1.29, 1.82) is 0 Å². The van der Waals surface area contributed by atoms with E-state index in [2.05, 4.69) is 4.84 Å². The van der Waals surface area contributed by atoms with Gasteiger partial charge in [0.15, 0.2) is 0 Å². The Kier molecular flexibility index (Phi) is 3.96. The van der Waals surface area contributed by atoms with Gasteiger partial charge < -0.3 is 5.21 Å². The van der Waals surface area contributed by atoms with Crippen LogP contribution in [0.1, 0.15) is 34.6 Å². The van der Waals surface area contributed by atoms with Crippen molar-refractivity contribution in [2.75, 3.05) is 0 Å². The van der Waals surface area contributed by atoms with E-state index in [-0.39, 0.29) is 11.5 Å². The van der Waals surface area contributed by atoms with E-state index >= 15 is 0 Å². The summed E-state index contributed by atoms with van der Waals surface area (Å²) in [7, 11) is 0. The fraction of sp³-hybridized carbons (Fsp3) is 1.00. The molecule has 0 heterocycles. The Hall–Kier alpha value is -0.160. The lowest BCUT2D eigenvalue weighted by Crippen LogP contribution is -2.31. The lowest BCUT2D eigenvalue weighted by Gasteiger charge is -2.33. The summed E-state index contributed by atoms with van der Waals surface area (Å²) in [6, 6.07) is 0. The van der Waals surface area contributed by atoms with Crippen LogP contribution in [0.5, 0.6) is 0 Å². The highest BCUT2D eigenvalue weighted by Gasteiger charge is 2.12. The predicted molar refractivity (Wildman–Crippen MR) is 42.3 cm³/mol. The Balaban J connectivity index is 3.61. The Bertz CT molecular complexity index is 109. The number of rotatable bonds is 3. The molecule has 4 nitrogen and oxygen atoms in total. The van der Waals surface area contributed by atoms with Crippen molar-refractivity contribution in [1.82, 2.24) is 5.39 Å². The molecule has 0 aliphatic rings. The molecule has 68 valence electrons. The highest BCUT2D eigenvalue weighted by atomic mass is 17.1. The topological polar surface area (TPSA) is 44.8 Å². The predicted octanol–water partition coefficient (Wildman–Crippen LogP) is 1.86. The van der Waals surface area contributed by atoms with Gasteiger partial charge in [-0.25, -0.2) is 0 Å². The van der Waals surface area contributed by atoms with E-state index in [1.54, 1.807) is 34.6 Å². The van der Waals surface area contributed by atoms with Gasteiger partial charge in [-0.15, -0.1) is 5.39 Å². The van der Waals surface area contributed by atoms with Crippen LogP contribution in [0.25, 0.3) is 0 Å². The highest BCUT2D eigenvalue weighted by Crippen LogP contribution is 2.10. The lowest BCUT2D eigenvalue weighted by atomic mass is 10.2. The maximum absolute atomic E-state index is 10.7. The van der Waals surface area contributed by atoms with Gasteiger partial charge in [-0.1, -0.05) is 0 Å². The van der Waals surface area contributed by atoms with E-state index in [9.17, 15) is 5.21 Å². The zero-order valence-electron chi connectivity index (χ0n) is 7.75. The largest absolute Gasteiger partial charge is 0.738 e. The molecular weight excluding hydrogens is 146 g/mol. The third-order valence-electron chi connectivity index (χ3n) is 0.645. The molecule has 0 bridgehead atoms. The molecule has 0 saturated carbocycles. The van der Waals surface area contributed by atoms with E-state index in [1.165, 1.54) is 0 Å². The molecule has 0 N–H and O–H groups in total. The van der Waals surface area contributed by atoms with Gasteiger partial charge in [-0.2, -0.15) is 0 Å². The molecule has 0 aromatic carbocycles. The van der Waals surface area contributed by atoms with Crippen molar-refractivity contribution in [2.24, 2.45) is 0 Å². The Morgan fingerprint density at radius 3 is 2.00 bits per heavy atom. The SMILES string of the molecule is CC(C)ON([O-])OC(C)(C)C. The molecule has 0 aliphatic heterocycles. The van der Waals surface area contributed by atoms with Crippen molar-refractivity contribution < 1.29 is 9.68 Å². The quantitative estimate of drug-likeness (QED) is 0.594. The molecule has 0 amide bonds. The molecule has 0 radical (unpaired) electrons. The first kappa shape index (κ1) is 10.8. The van der Waals surface area contributed by atoms with Crippen LogP contribution in [0.2, 0.25) is 0 Å². The van der Waals surface area contributed by atoms with Crippen LogP contribution in [0, 0.1) is 5.21 Å². The monoisotopic (exact) mass is 162 g/mol. The molecule has 0 unspecified atom stereocenters. The molecule has 4 heteroatoms. The Morgan fingerprint density at radius 1 is 1.27 bits per heavy atom. The third kappa shape index (κ3) is 7.74. The molecule has 0 aromatic heterocycles. The normalized spacial score (nSPS) is 13.1. The maximum atomic E-state index is 10.7. The minimum atomic E-state index is -0.503. The van der Waals surface area contributed by atoms with Crippen LogP contribution in [-0.4, -0.2) is 17.1 Å². The minimum Gasteiger partial charge on any atom is -0.738 e. The van der Waals surface area contributed by atoms with Gasteiger partial charge in [0.1, 0.15) is 0 Å². The van der Waals surface area contributed by atoms with Gasteiger partial charge in [0.25, 0.3) is 0 Å². The third-order valence-corrected chi connectivity index (χ3v) is 0.645. The van der Waals surface area contributed by atoms with Crippen LogP contribution in [0.3, 0.4) is 0 Å². The van der Waals surface area contributed by atoms with Gasteiger partial charge in [0.05, 0.1) is 11.7 Å². The second kappa shape index (κ2) is 4.01. The lowest BCUT2D eigenvalue weighted by molar-refractivity contribution is -0.384. The molecule has 0 spiro atoms. The van der Waals surface area contributed by atoms with Gasteiger partial charge >= 0.3 is 0 Å². The summed E-state index contributed by atoms with van der Waals surface area (Å²) in [5, 5.41) is 10.9. The minimum absolute atomic E-state index is 0.157. The van der Waals surface area contributed by atoms with Crippen molar-refractivity contribution >= 4 is 0 Å². The van der Waals surface area contributed by atoms with Gasteiger partial charge in [-0.3, -0.25) is 9.68 Å². The Labute approximate surface area is 67.6 Å². The fourth-order valence-electron chi connectivity index (χ4n) is 0.417. The molecule has 0 aliphatic carbocycles. The zero-order valence-corrected chi connectivity index (χ0v) is 7.75. The smallest absolute Gasteiger partial charge is 0.0830 e. The maximum Gasteiger partial charge on any atom is 0.0830 e. The number of nitrogens with zero attached hydrogens (tertiary/aromatic N) is 1. The molecule has 0 atom stereocenters. The standard InChI is InChI=1S/C7H16NO3/c1-6(2)10-8(9)11-7(3,4)5/h6H,1-5H3/q-1. The van der Waals surface area contributed by atoms with E-state index in [0.29, 0.717) is 0 Å². The first-order chi connectivity index (χ1) is 4.81. The second-order valence-corrected chi connectivity index (χ2v) is 3.58. The summed E-state index contributed by atoms with van der Waals surface area (Å²) in [5.41, 5.74) is -0.503. The average molecular weight is 162 g/mol. The number of hydrogen-bond donors (Lipinski definition) is 0. The highest BCUT2D eigenvalue weighted by molar-refractivity contribution is 4.56. The van der Waals surface area contributed by atoms with Crippen LogP contribution < -0.4 is 0 Å². The van der Waals surface area contributed by atoms with Crippen LogP contribution >= 0.6 is 0 Å². The van der Waals surface area contributed by atoms with Gasteiger partial charge in [-0.05, 0) is 34.6 Å². The number of hydrogen-bond acceptors (Lipinski definition) is 4. The summed E-state index contributed by atoms with van der Waals surface area (Å²) in [6.07, 6.45) is -0.158. The van der Waals surface area contributed by atoms with Crippen molar-refractivity contribution in [3.8, 4) is 0 Å². The summed E-state index contributed by atoms with van der Waals surface area (Å²) < 4.78 is 0. The van der Waals surface area contributed by atoms with Crippen molar-refractivity contribution in [3.05, 3.63) is 5.21 Å².